The van der Waals surface area contributed by atoms with Gasteiger partial charge in [-0.25, -0.2) is 4.98 Å². The maximum absolute atomic E-state index is 7.86. The van der Waals surface area contributed by atoms with Crippen LogP contribution in [0.2, 0.25) is 0 Å². The number of nitrogens with one attached hydrogen (secondary N) is 1. The van der Waals surface area contributed by atoms with Crippen LogP contribution in [0, 0.1) is 5.41 Å². The van der Waals surface area contributed by atoms with Gasteiger partial charge in [0, 0.05) is 22.9 Å². The van der Waals surface area contributed by atoms with E-state index in [9.17, 15) is 0 Å². The van der Waals surface area contributed by atoms with Crippen molar-refractivity contribution in [3.8, 4) is 22.8 Å². The molecular weight excluding hydrogens is 266 g/mol. The first-order valence-corrected chi connectivity index (χ1v) is 6.66. The molecule has 5 heteroatoms. The Labute approximate surface area is 124 Å². The summed E-state index contributed by atoms with van der Waals surface area (Å²) in [6, 6.07) is 9.22. The number of benzene rings is 1. The summed E-state index contributed by atoms with van der Waals surface area (Å²) in [7, 11) is 3.21. The lowest BCUT2D eigenvalue weighted by molar-refractivity contribution is 0.394. The SMILES string of the molecule is CCC(=N)c1ccc(-c2cc(OC)cc(OC)c2)nc1N. The molecule has 2 rings (SSSR count). The molecule has 0 radical (unpaired) electrons. The maximum Gasteiger partial charge on any atom is 0.133 e. The Morgan fingerprint density at radius 3 is 2.24 bits per heavy atom. The Balaban J connectivity index is 2.47. The molecule has 1 aromatic carbocycles. The van der Waals surface area contributed by atoms with E-state index in [2.05, 4.69) is 4.98 Å². The lowest BCUT2D eigenvalue weighted by Gasteiger charge is -2.10. The molecule has 0 fully saturated rings. The van der Waals surface area contributed by atoms with E-state index < -0.39 is 0 Å². The topological polar surface area (TPSA) is 81.2 Å². The molecular formula is C16H19N3O2. The standard InChI is InChI=1S/C16H19N3O2/c1-4-14(17)13-5-6-15(19-16(13)18)10-7-11(20-2)9-12(8-10)21-3/h5-9,17H,4H2,1-3H3,(H2,18,19). The van der Waals surface area contributed by atoms with E-state index >= 15 is 0 Å². The molecule has 0 aliphatic rings. The van der Waals surface area contributed by atoms with Crippen molar-refractivity contribution in [1.29, 1.82) is 5.41 Å². The van der Waals surface area contributed by atoms with Gasteiger partial charge in [-0.2, -0.15) is 0 Å². The maximum atomic E-state index is 7.86. The number of nitrogens with two attached hydrogens (primary N) is 1. The van der Waals surface area contributed by atoms with E-state index in [1.165, 1.54) is 0 Å². The van der Waals surface area contributed by atoms with Gasteiger partial charge in [-0.05, 0) is 30.7 Å². The predicted molar refractivity (Wildman–Crippen MR) is 84.3 cm³/mol. The van der Waals surface area contributed by atoms with Crippen molar-refractivity contribution in [3.63, 3.8) is 0 Å². The largest absolute Gasteiger partial charge is 0.497 e. The highest BCUT2D eigenvalue weighted by atomic mass is 16.5. The van der Waals surface area contributed by atoms with Crippen LogP contribution in [0.5, 0.6) is 11.5 Å². The third-order valence-electron chi connectivity index (χ3n) is 3.25. The van der Waals surface area contributed by atoms with E-state index in [4.69, 9.17) is 20.6 Å². The van der Waals surface area contributed by atoms with Crippen LogP contribution in [0.15, 0.2) is 30.3 Å². The number of methoxy groups -OCH3 is 2. The van der Waals surface area contributed by atoms with Gasteiger partial charge in [0.25, 0.3) is 0 Å². The lowest BCUT2D eigenvalue weighted by atomic mass is 10.1. The molecule has 0 saturated carbocycles. The molecule has 1 heterocycles. The first-order valence-electron chi connectivity index (χ1n) is 6.66. The van der Waals surface area contributed by atoms with Crippen LogP contribution in [0.4, 0.5) is 5.82 Å². The number of pyridine rings is 1. The van der Waals surface area contributed by atoms with Crippen molar-refractivity contribution < 1.29 is 9.47 Å². The van der Waals surface area contributed by atoms with Crippen molar-refractivity contribution in [2.24, 2.45) is 0 Å². The minimum atomic E-state index is 0.362. The molecule has 1 aromatic heterocycles. The molecule has 0 amide bonds. The van der Waals surface area contributed by atoms with E-state index in [-0.39, 0.29) is 0 Å². The molecule has 0 saturated heterocycles. The van der Waals surface area contributed by atoms with Gasteiger partial charge in [0.05, 0.1) is 19.9 Å². The molecule has 0 spiro atoms. The van der Waals surface area contributed by atoms with Crippen LogP contribution in [0.1, 0.15) is 18.9 Å². The smallest absolute Gasteiger partial charge is 0.133 e. The monoisotopic (exact) mass is 285 g/mol. The third kappa shape index (κ3) is 3.13. The van der Waals surface area contributed by atoms with Crippen molar-refractivity contribution in [2.75, 3.05) is 20.0 Å². The van der Waals surface area contributed by atoms with Gasteiger partial charge in [0.1, 0.15) is 17.3 Å². The lowest BCUT2D eigenvalue weighted by Crippen LogP contribution is -2.05. The fraction of sp³-hybridized carbons (Fsp3) is 0.250. The summed E-state index contributed by atoms with van der Waals surface area (Å²) in [6.45, 7) is 1.92. The summed E-state index contributed by atoms with van der Waals surface area (Å²) in [5.41, 5.74) is 8.69. The molecule has 0 aliphatic heterocycles. The Kier molecular flexibility index (Phi) is 4.42. The van der Waals surface area contributed by atoms with Crippen molar-refractivity contribution in [1.82, 2.24) is 4.98 Å². The molecule has 5 nitrogen and oxygen atoms in total. The second-order valence-electron chi connectivity index (χ2n) is 4.56. The molecule has 3 N–H and O–H groups in total. The van der Waals surface area contributed by atoms with E-state index in [1.54, 1.807) is 20.3 Å². The molecule has 0 atom stereocenters. The van der Waals surface area contributed by atoms with Gasteiger partial charge in [0.2, 0.25) is 0 Å². The van der Waals surface area contributed by atoms with Crippen molar-refractivity contribution >= 4 is 11.5 Å². The summed E-state index contributed by atoms with van der Waals surface area (Å²) in [4.78, 5) is 4.39. The van der Waals surface area contributed by atoms with Crippen molar-refractivity contribution in [3.05, 3.63) is 35.9 Å². The Bertz CT molecular complexity index is 646. The minimum Gasteiger partial charge on any atom is -0.497 e. The quantitative estimate of drug-likeness (QED) is 0.827. The summed E-state index contributed by atoms with van der Waals surface area (Å²) in [5, 5.41) is 7.86. The van der Waals surface area contributed by atoms with Crippen LogP contribution in [-0.4, -0.2) is 24.9 Å². The molecule has 0 unspecified atom stereocenters. The second kappa shape index (κ2) is 6.26. The average Bonchev–Trinajstić information content (AvgIpc) is 2.53. The summed E-state index contributed by atoms with van der Waals surface area (Å²) in [6.07, 6.45) is 0.623. The van der Waals surface area contributed by atoms with Gasteiger partial charge >= 0.3 is 0 Å². The Hall–Kier alpha value is -2.56. The number of aromatic nitrogens is 1. The molecule has 2 aromatic rings. The number of anilines is 1. The van der Waals surface area contributed by atoms with Crippen LogP contribution in [0.25, 0.3) is 11.3 Å². The number of hydrogen-bond donors (Lipinski definition) is 2. The molecule has 0 aliphatic carbocycles. The third-order valence-corrected chi connectivity index (χ3v) is 3.25. The van der Waals surface area contributed by atoms with Crippen LogP contribution < -0.4 is 15.2 Å². The van der Waals surface area contributed by atoms with Crippen LogP contribution >= 0.6 is 0 Å². The fourth-order valence-corrected chi connectivity index (χ4v) is 2.04. The molecule has 110 valence electrons. The van der Waals surface area contributed by atoms with E-state index in [0.29, 0.717) is 35.0 Å². The summed E-state index contributed by atoms with van der Waals surface area (Å²) in [5.74, 6) is 1.74. The molecule has 21 heavy (non-hydrogen) atoms. The molecule has 0 bridgehead atoms. The van der Waals surface area contributed by atoms with Crippen LogP contribution in [0.3, 0.4) is 0 Å². The number of nitrogen functional groups attached to an aromatic ring is 1. The first-order chi connectivity index (χ1) is 10.1. The Morgan fingerprint density at radius 1 is 1.14 bits per heavy atom. The first kappa shape index (κ1) is 14.8. The normalized spacial score (nSPS) is 10.2. The van der Waals surface area contributed by atoms with Crippen LogP contribution in [-0.2, 0) is 0 Å². The van der Waals surface area contributed by atoms with Crippen molar-refractivity contribution in [2.45, 2.75) is 13.3 Å². The number of ether oxygens (including phenoxy) is 2. The minimum absolute atomic E-state index is 0.362. The summed E-state index contributed by atoms with van der Waals surface area (Å²) < 4.78 is 10.5. The predicted octanol–water partition coefficient (Wildman–Crippen LogP) is 3.13. The van der Waals surface area contributed by atoms with Gasteiger partial charge in [-0.3, -0.25) is 0 Å². The van der Waals surface area contributed by atoms with E-state index in [0.717, 1.165) is 11.3 Å². The van der Waals surface area contributed by atoms with Gasteiger partial charge in [-0.15, -0.1) is 0 Å². The zero-order valence-corrected chi connectivity index (χ0v) is 12.4. The number of rotatable bonds is 5. The second-order valence-corrected chi connectivity index (χ2v) is 4.56. The van der Waals surface area contributed by atoms with Gasteiger partial charge in [-0.1, -0.05) is 6.92 Å². The highest BCUT2D eigenvalue weighted by Crippen LogP contribution is 2.29. The number of nitrogens with zero attached hydrogens (tertiary/aromatic N) is 1. The van der Waals surface area contributed by atoms with Gasteiger partial charge in [0.15, 0.2) is 0 Å². The zero-order valence-electron chi connectivity index (χ0n) is 12.4. The average molecular weight is 285 g/mol. The van der Waals surface area contributed by atoms with Gasteiger partial charge < -0.3 is 20.6 Å². The highest BCUT2D eigenvalue weighted by Gasteiger charge is 2.10. The Morgan fingerprint density at radius 2 is 1.76 bits per heavy atom. The number of hydrogen-bond acceptors (Lipinski definition) is 5. The summed E-state index contributed by atoms with van der Waals surface area (Å²) >= 11 is 0. The highest BCUT2D eigenvalue weighted by molar-refractivity contribution is 6.02. The zero-order chi connectivity index (χ0) is 15.4. The van der Waals surface area contributed by atoms with E-state index in [1.807, 2.05) is 31.2 Å². The fourth-order valence-electron chi connectivity index (χ4n) is 2.04.